The van der Waals surface area contributed by atoms with Gasteiger partial charge in [-0.2, -0.15) is 0 Å². The second-order valence-electron chi connectivity index (χ2n) is 5.17. The predicted molar refractivity (Wildman–Crippen MR) is 64.1 cm³/mol. The Hall–Kier alpha value is 0.217. The van der Waals surface area contributed by atoms with E-state index in [0.29, 0.717) is 0 Å². The molecule has 0 radical (unpaired) electrons. The molecule has 0 saturated heterocycles. The Kier molecular flexibility index (Phi) is 5.08. The second-order valence-corrected chi connectivity index (χ2v) is 8.60. The molecule has 0 bridgehead atoms. The van der Waals surface area contributed by atoms with Crippen molar-refractivity contribution in [2.45, 2.75) is 70.5 Å². The molecule has 0 aromatic rings. The quantitative estimate of drug-likeness (QED) is 0.593. The van der Waals surface area contributed by atoms with Crippen LogP contribution in [0.15, 0.2) is 0 Å². The molecule has 1 fully saturated rings. The molecule has 0 amide bonds. The lowest BCUT2D eigenvalue weighted by Crippen LogP contribution is -2.19. The lowest BCUT2D eigenvalue weighted by Gasteiger charge is -2.30. The molecule has 0 unspecified atom stereocenters. The normalized spacial score (nSPS) is 29.5. The van der Waals surface area contributed by atoms with E-state index >= 15 is 0 Å². The van der Waals surface area contributed by atoms with Crippen molar-refractivity contribution >= 4 is 8.80 Å². The first-order valence-corrected chi connectivity index (χ1v) is 9.21. The summed E-state index contributed by atoms with van der Waals surface area (Å²) in [5.41, 5.74) is 1.18. The summed E-state index contributed by atoms with van der Waals surface area (Å²) in [5.74, 6) is 1.10. The topological polar surface area (TPSA) is 0 Å². The predicted octanol–water partition coefficient (Wildman–Crippen LogP) is 4.22. The fourth-order valence-corrected chi connectivity index (χ4v) is 4.35. The van der Waals surface area contributed by atoms with Gasteiger partial charge in [-0.15, -0.1) is 0 Å². The van der Waals surface area contributed by atoms with Crippen molar-refractivity contribution in [1.82, 2.24) is 0 Å². The summed E-state index contributed by atoms with van der Waals surface area (Å²) >= 11 is 0. The zero-order valence-corrected chi connectivity index (χ0v) is 10.8. The van der Waals surface area contributed by atoms with E-state index in [4.69, 9.17) is 0 Å². The Labute approximate surface area is 85.7 Å². The van der Waals surface area contributed by atoms with Crippen molar-refractivity contribution in [1.29, 1.82) is 0 Å². The van der Waals surface area contributed by atoms with Crippen LogP contribution in [0.2, 0.25) is 18.6 Å². The van der Waals surface area contributed by atoms with Crippen LogP contribution in [0.1, 0.15) is 51.9 Å². The van der Waals surface area contributed by atoms with Crippen LogP contribution in [0, 0.1) is 5.92 Å². The molecule has 13 heavy (non-hydrogen) atoms. The van der Waals surface area contributed by atoms with Crippen molar-refractivity contribution in [2.24, 2.45) is 5.92 Å². The Morgan fingerprint density at radius 1 is 1.08 bits per heavy atom. The summed E-state index contributed by atoms with van der Waals surface area (Å²) in [7, 11) is -0.306. The van der Waals surface area contributed by atoms with E-state index in [1.807, 2.05) is 0 Å². The average molecular weight is 198 g/mol. The molecular weight excluding hydrogens is 172 g/mol. The number of rotatable bonds is 4. The van der Waals surface area contributed by atoms with Crippen LogP contribution >= 0.6 is 0 Å². The third-order valence-corrected chi connectivity index (χ3v) is 6.35. The molecule has 78 valence electrons. The minimum Gasteiger partial charge on any atom is -0.0720 e. The van der Waals surface area contributed by atoms with Crippen LogP contribution in [0.3, 0.4) is 0 Å². The zero-order valence-electron chi connectivity index (χ0n) is 9.68. The fourth-order valence-electron chi connectivity index (χ4n) is 2.64. The minimum atomic E-state index is -0.306. The van der Waals surface area contributed by atoms with Gasteiger partial charge in [-0.1, -0.05) is 65.0 Å². The first-order chi connectivity index (χ1) is 6.24. The molecule has 0 nitrogen and oxygen atoms in total. The van der Waals surface area contributed by atoms with Crippen molar-refractivity contribution in [2.75, 3.05) is 0 Å². The molecule has 1 heteroatoms. The van der Waals surface area contributed by atoms with Crippen LogP contribution in [0.4, 0.5) is 0 Å². The highest BCUT2D eigenvalue weighted by Crippen LogP contribution is 2.36. The van der Waals surface area contributed by atoms with Gasteiger partial charge < -0.3 is 0 Å². The van der Waals surface area contributed by atoms with Gasteiger partial charge in [-0.25, -0.2) is 0 Å². The van der Waals surface area contributed by atoms with Gasteiger partial charge in [0.15, 0.2) is 0 Å². The van der Waals surface area contributed by atoms with Crippen molar-refractivity contribution < 1.29 is 0 Å². The summed E-state index contributed by atoms with van der Waals surface area (Å²) in [4.78, 5) is 0. The molecule has 1 rings (SSSR count). The van der Waals surface area contributed by atoms with Gasteiger partial charge >= 0.3 is 0 Å². The smallest absolute Gasteiger partial charge is 0.0337 e. The maximum absolute atomic E-state index is 2.52. The van der Waals surface area contributed by atoms with Gasteiger partial charge in [0.2, 0.25) is 0 Å². The second kappa shape index (κ2) is 5.84. The van der Waals surface area contributed by atoms with Gasteiger partial charge in [0, 0.05) is 8.80 Å². The number of hydrogen-bond donors (Lipinski definition) is 0. The maximum Gasteiger partial charge on any atom is 0.0337 e. The van der Waals surface area contributed by atoms with Crippen LogP contribution in [0.25, 0.3) is 0 Å². The molecule has 1 aliphatic carbocycles. The van der Waals surface area contributed by atoms with E-state index in [-0.39, 0.29) is 8.80 Å². The van der Waals surface area contributed by atoms with E-state index in [1.54, 1.807) is 25.7 Å². The summed E-state index contributed by atoms with van der Waals surface area (Å²) in [5, 5.41) is 0. The average Bonchev–Trinajstić information content (AvgIpc) is 2.15. The molecule has 0 aromatic heterocycles. The molecule has 1 aliphatic rings. The Balaban J connectivity index is 2.15. The molecule has 0 N–H and O–H groups in total. The number of hydrogen-bond acceptors (Lipinski definition) is 0. The standard InChI is InChI=1S/C12H26Si/c1-4-5-6-11-7-9-12(10-8-11)13(2)3/h11-13H,4-10H2,1-3H3. The summed E-state index contributed by atoms with van der Waals surface area (Å²) in [6.45, 7) is 7.36. The maximum atomic E-state index is 2.52. The SMILES string of the molecule is CCCCC1CCC([SiH](C)C)CC1. The fraction of sp³-hybridized carbons (Fsp3) is 1.00. The molecule has 0 spiro atoms. The summed E-state index contributed by atoms with van der Waals surface area (Å²) in [6.07, 6.45) is 10.6. The molecule has 1 saturated carbocycles. The van der Waals surface area contributed by atoms with Crippen LogP contribution < -0.4 is 0 Å². The lowest BCUT2D eigenvalue weighted by atomic mass is 9.85. The zero-order chi connectivity index (χ0) is 9.68. The van der Waals surface area contributed by atoms with E-state index in [1.165, 1.54) is 24.8 Å². The van der Waals surface area contributed by atoms with Crippen LogP contribution in [0.5, 0.6) is 0 Å². The Bertz CT molecular complexity index is 123. The molecule has 0 heterocycles. The largest absolute Gasteiger partial charge is 0.0720 e. The van der Waals surface area contributed by atoms with Gasteiger partial charge in [-0.3, -0.25) is 0 Å². The third kappa shape index (κ3) is 3.84. The van der Waals surface area contributed by atoms with Crippen LogP contribution in [-0.4, -0.2) is 8.80 Å². The van der Waals surface area contributed by atoms with Gasteiger partial charge in [-0.05, 0) is 11.5 Å². The van der Waals surface area contributed by atoms with E-state index < -0.39 is 0 Å². The highest BCUT2D eigenvalue weighted by atomic mass is 28.3. The molecule has 0 aromatic carbocycles. The van der Waals surface area contributed by atoms with Crippen molar-refractivity contribution in [3.05, 3.63) is 0 Å². The molecule has 0 atom stereocenters. The first-order valence-electron chi connectivity index (χ1n) is 6.24. The lowest BCUT2D eigenvalue weighted by molar-refractivity contribution is 0.329. The highest BCUT2D eigenvalue weighted by molar-refractivity contribution is 6.57. The minimum absolute atomic E-state index is 0.306. The van der Waals surface area contributed by atoms with Crippen molar-refractivity contribution in [3.63, 3.8) is 0 Å². The molecule has 0 aliphatic heterocycles. The van der Waals surface area contributed by atoms with Crippen LogP contribution in [-0.2, 0) is 0 Å². The number of unbranched alkanes of at least 4 members (excludes halogenated alkanes) is 1. The monoisotopic (exact) mass is 198 g/mol. The first kappa shape index (κ1) is 11.3. The summed E-state index contributed by atoms with van der Waals surface area (Å²) in [6, 6.07) is 0. The summed E-state index contributed by atoms with van der Waals surface area (Å²) < 4.78 is 0. The van der Waals surface area contributed by atoms with Gasteiger partial charge in [0.1, 0.15) is 0 Å². The van der Waals surface area contributed by atoms with Gasteiger partial charge in [0.05, 0.1) is 0 Å². The van der Waals surface area contributed by atoms with E-state index in [2.05, 4.69) is 20.0 Å². The van der Waals surface area contributed by atoms with E-state index in [9.17, 15) is 0 Å². The Morgan fingerprint density at radius 2 is 1.69 bits per heavy atom. The van der Waals surface area contributed by atoms with Crippen molar-refractivity contribution in [3.8, 4) is 0 Å². The van der Waals surface area contributed by atoms with Gasteiger partial charge in [0.25, 0.3) is 0 Å². The Morgan fingerprint density at radius 3 is 2.15 bits per heavy atom. The highest BCUT2D eigenvalue weighted by Gasteiger charge is 2.22. The third-order valence-electron chi connectivity index (χ3n) is 3.80. The molecular formula is C12H26Si. The van der Waals surface area contributed by atoms with E-state index in [0.717, 1.165) is 5.92 Å².